The minimum Gasteiger partial charge on any atom is -0.396 e. The molecule has 2 aromatic rings. The van der Waals surface area contributed by atoms with E-state index in [2.05, 4.69) is 20.3 Å². The van der Waals surface area contributed by atoms with Crippen LogP contribution in [-0.4, -0.2) is 49.0 Å². The van der Waals surface area contributed by atoms with Gasteiger partial charge in [-0.3, -0.25) is 0 Å². The lowest BCUT2D eigenvalue weighted by molar-refractivity contribution is 0.0906. The maximum absolute atomic E-state index is 10.0. The molecule has 5 N–H and O–H groups in total. The molecular formula is C15H22N6O2. The van der Waals surface area contributed by atoms with Gasteiger partial charge in [-0.05, 0) is 31.6 Å². The van der Waals surface area contributed by atoms with Crippen LogP contribution >= 0.6 is 0 Å². The van der Waals surface area contributed by atoms with Crippen LogP contribution < -0.4 is 11.1 Å². The topological polar surface area (TPSA) is 122 Å². The van der Waals surface area contributed by atoms with Crippen molar-refractivity contribution >= 4 is 22.9 Å². The second-order valence-electron chi connectivity index (χ2n) is 6.71. The standard InChI is InChI=1S/C15H22N6O2/c16-15-19-13(17-5-8-1-2-8)12-14(20-15)21(7-18-12)10-3-9(6-22)11(23)4-10/h7-11,22-23H,1-6H2,(H3,16,17,19,20)/t9-,10+,11+/m1/s1. The van der Waals surface area contributed by atoms with E-state index in [1.165, 1.54) is 12.8 Å². The molecule has 2 saturated carbocycles. The minimum atomic E-state index is -0.492. The van der Waals surface area contributed by atoms with Crippen molar-refractivity contribution < 1.29 is 10.2 Å². The van der Waals surface area contributed by atoms with Crippen LogP contribution in [0.1, 0.15) is 31.7 Å². The Kier molecular flexibility index (Phi) is 3.57. The third kappa shape index (κ3) is 2.72. The Balaban J connectivity index is 1.65. The fourth-order valence-corrected chi connectivity index (χ4v) is 3.38. The molecule has 0 aromatic carbocycles. The van der Waals surface area contributed by atoms with Crippen molar-refractivity contribution in [1.29, 1.82) is 0 Å². The molecule has 0 radical (unpaired) electrons. The van der Waals surface area contributed by atoms with Gasteiger partial charge in [-0.15, -0.1) is 0 Å². The van der Waals surface area contributed by atoms with Gasteiger partial charge in [-0.25, -0.2) is 4.98 Å². The van der Waals surface area contributed by atoms with Gasteiger partial charge >= 0.3 is 0 Å². The molecule has 2 fully saturated rings. The molecule has 23 heavy (non-hydrogen) atoms. The number of rotatable bonds is 5. The Morgan fingerprint density at radius 2 is 2.13 bits per heavy atom. The van der Waals surface area contributed by atoms with E-state index in [-0.39, 0.29) is 24.5 Å². The van der Waals surface area contributed by atoms with Gasteiger partial charge in [-0.1, -0.05) is 0 Å². The van der Waals surface area contributed by atoms with Crippen molar-refractivity contribution in [2.24, 2.45) is 11.8 Å². The summed E-state index contributed by atoms with van der Waals surface area (Å²) in [6.07, 6.45) is 5.05. The van der Waals surface area contributed by atoms with Gasteiger partial charge < -0.3 is 25.8 Å². The number of aromatic nitrogens is 4. The summed E-state index contributed by atoms with van der Waals surface area (Å²) in [4.78, 5) is 13.1. The van der Waals surface area contributed by atoms with E-state index in [4.69, 9.17) is 5.73 Å². The second kappa shape index (κ2) is 5.61. The average Bonchev–Trinajstić information content (AvgIpc) is 3.15. The molecule has 2 heterocycles. The molecule has 3 atom stereocenters. The van der Waals surface area contributed by atoms with E-state index >= 15 is 0 Å². The lowest BCUT2D eigenvalue weighted by atomic mass is 10.1. The number of imidazole rings is 1. The molecule has 2 aromatic heterocycles. The number of anilines is 2. The number of nitrogens with two attached hydrogens (primary N) is 1. The van der Waals surface area contributed by atoms with Crippen LogP contribution in [0.3, 0.4) is 0 Å². The molecule has 8 heteroatoms. The number of hydrogen-bond donors (Lipinski definition) is 4. The Morgan fingerprint density at radius 1 is 1.30 bits per heavy atom. The average molecular weight is 318 g/mol. The minimum absolute atomic E-state index is 0.00435. The van der Waals surface area contributed by atoms with E-state index in [0.29, 0.717) is 29.8 Å². The fraction of sp³-hybridized carbons (Fsp3) is 0.667. The van der Waals surface area contributed by atoms with Gasteiger partial charge in [0.05, 0.1) is 12.4 Å². The summed E-state index contributed by atoms with van der Waals surface area (Å²) in [7, 11) is 0. The lowest BCUT2D eigenvalue weighted by Gasteiger charge is -2.13. The summed E-state index contributed by atoms with van der Waals surface area (Å²) >= 11 is 0. The molecule has 2 aliphatic rings. The summed E-state index contributed by atoms with van der Waals surface area (Å²) in [5.41, 5.74) is 7.26. The molecule has 0 bridgehead atoms. The zero-order valence-electron chi connectivity index (χ0n) is 12.9. The predicted molar refractivity (Wildman–Crippen MR) is 85.8 cm³/mol. The number of aliphatic hydroxyl groups excluding tert-OH is 2. The summed E-state index contributed by atoms with van der Waals surface area (Å²) < 4.78 is 1.95. The number of fused-ring (bicyclic) bond motifs is 1. The zero-order chi connectivity index (χ0) is 16.0. The van der Waals surface area contributed by atoms with Gasteiger partial charge in [0, 0.05) is 25.1 Å². The van der Waals surface area contributed by atoms with E-state index in [1.807, 2.05) is 4.57 Å². The monoisotopic (exact) mass is 318 g/mol. The number of nitrogens with one attached hydrogen (secondary N) is 1. The normalized spacial score (nSPS) is 27.7. The van der Waals surface area contributed by atoms with E-state index < -0.39 is 6.10 Å². The molecule has 0 unspecified atom stereocenters. The molecule has 0 saturated heterocycles. The van der Waals surface area contributed by atoms with E-state index in [0.717, 1.165) is 12.5 Å². The molecule has 124 valence electrons. The lowest BCUT2D eigenvalue weighted by Crippen LogP contribution is -2.16. The third-order valence-corrected chi connectivity index (χ3v) is 4.95. The van der Waals surface area contributed by atoms with Gasteiger partial charge in [0.25, 0.3) is 0 Å². The first-order chi connectivity index (χ1) is 11.2. The van der Waals surface area contributed by atoms with Crippen LogP contribution in [0.2, 0.25) is 0 Å². The first-order valence-corrected chi connectivity index (χ1v) is 8.18. The predicted octanol–water partition coefficient (Wildman–Crippen LogP) is 0.535. The van der Waals surface area contributed by atoms with Gasteiger partial charge in [-0.2, -0.15) is 9.97 Å². The SMILES string of the molecule is Nc1nc(NCC2CC2)c2ncn([C@H]3C[C@H](CO)[C@@H](O)C3)c2n1. The van der Waals surface area contributed by atoms with Crippen LogP contribution in [0.5, 0.6) is 0 Å². The van der Waals surface area contributed by atoms with Gasteiger partial charge in [0.15, 0.2) is 17.0 Å². The van der Waals surface area contributed by atoms with Gasteiger partial charge in [0.2, 0.25) is 5.95 Å². The van der Waals surface area contributed by atoms with Crippen LogP contribution in [0, 0.1) is 11.8 Å². The zero-order valence-corrected chi connectivity index (χ0v) is 12.9. The number of aliphatic hydroxyl groups is 2. The quantitative estimate of drug-likeness (QED) is 0.634. The summed E-state index contributed by atoms with van der Waals surface area (Å²) in [5, 5.41) is 22.7. The van der Waals surface area contributed by atoms with Crippen molar-refractivity contribution in [3.63, 3.8) is 0 Å². The van der Waals surface area contributed by atoms with Gasteiger partial charge in [0.1, 0.15) is 0 Å². The highest BCUT2D eigenvalue weighted by atomic mass is 16.3. The smallest absolute Gasteiger partial charge is 0.224 e. The van der Waals surface area contributed by atoms with Crippen molar-refractivity contribution in [2.75, 3.05) is 24.2 Å². The largest absolute Gasteiger partial charge is 0.396 e. The molecule has 0 amide bonds. The first-order valence-electron chi connectivity index (χ1n) is 8.18. The van der Waals surface area contributed by atoms with Crippen LogP contribution in [0.15, 0.2) is 6.33 Å². The van der Waals surface area contributed by atoms with Crippen molar-refractivity contribution in [3.8, 4) is 0 Å². The molecular weight excluding hydrogens is 296 g/mol. The van der Waals surface area contributed by atoms with Crippen molar-refractivity contribution in [1.82, 2.24) is 19.5 Å². The van der Waals surface area contributed by atoms with Crippen LogP contribution in [0.25, 0.3) is 11.2 Å². The maximum Gasteiger partial charge on any atom is 0.224 e. The highest BCUT2D eigenvalue weighted by Crippen LogP contribution is 2.37. The molecule has 0 aliphatic heterocycles. The van der Waals surface area contributed by atoms with E-state index in [1.54, 1.807) is 6.33 Å². The maximum atomic E-state index is 10.0. The summed E-state index contributed by atoms with van der Waals surface area (Å²) in [6, 6.07) is 0.0673. The number of hydrogen-bond acceptors (Lipinski definition) is 7. The summed E-state index contributed by atoms with van der Waals surface area (Å²) in [5.74, 6) is 1.52. The second-order valence-corrected chi connectivity index (χ2v) is 6.71. The Bertz CT molecular complexity index is 713. The van der Waals surface area contributed by atoms with Crippen LogP contribution in [0.4, 0.5) is 11.8 Å². The highest BCUT2D eigenvalue weighted by Gasteiger charge is 2.34. The summed E-state index contributed by atoms with van der Waals surface area (Å²) in [6.45, 7) is 0.878. The van der Waals surface area contributed by atoms with Crippen molar-refractivity contribution in [2.45, 2.75) is 37.8 Å². The molecule has 2 aliphatic carbocycles. The van der Waals surface area contributed by atoms with Crippen LogP contribution in [-0.2, 0) is 0 Å². The van der Waals surface area contributed by atoms with E-state index in [9.17, 15) is 10.2 Å². The number of nitrogen functional groups attached to an aromatic ring is 1. The Hall–Kier alpha value is -1.93. The fourth-order valence-electron chi connectivity index (χ4n) is 3.38. The Morgan fingerprint density at radius 3 is 2.83 bits per heavy atom. The first kappa shape index (κ1) is 14.6. The molecule has 8 nitrogen and oxygen atoms in total. The Labute approximate surface area is 133 Å². The molecule has 0 spiro atoms. The third-order valence-electron chi connectivity index (χ3n) is 4.95. The van der Waals surface area contributed by atoms with Crippen molar-refractivity contribution in [3.05, 3.63) is 6.33 Å². The molecule has 4 rings (SSSR count). The highest BCUT2D eigenvalue weighted by molar-refractivity contribution is 5.84. The number of nitrogens with zero attached hydrogens (tertiary/aromatic N) is 4.